The lowest BCUT2D eigenvalue weighted by atomic mass is 10.0. The molecule has 0 aliphatic heterocycles. The van der Waals surface area contributed by atoms with Crippen molar-refractivity contribution in [1.82, 2.24) is 0 Å². The molecule has 2 rings (SSSR count). The predicted octanol–water partition coefficient (Wildman–Crippen LogP) is 3.38. The second kappa shape index (κ2) is 4.83. The van der Waals surface area contributed by atoms with Crippen molar-refractivity contribution in [3.63, 3.8) is 0 Å². The molecule has 0 spiro atoms. The summed E-state index contributed by atoms with van der Waals surface area (Å²) in [6.45, 7) is 0. The quantitative estimate of drug-likeness (QED) is 0.823. The molecule has 3 nitrogen and oxygen atoms in total. The first-order valence-electron chi connectivity index (χ1n) is 4.99. The monoisotopic (exact) mass is 342 g/mol. The van der Waals surface area contributed by atoms with Crippen LogP contribution in [0.25, 0.3) is 11.1 Å². The zero-order valence-corrected chi connectivity index (χ0v) is 11.3. The van der Waals surface area contributed by atoms with Gasteiger partial charge in [-0.1, -0.05) is 30.3 Å². The van der Waals surface area contributed by atoms with Gasteiger partial charge in [-0.25, -0.2) is 0 Å². The summed E-state index contributed by atoms with van der Waals surface area (Å²) in [6.07, 6.45) is 0. The third-order valence-corrected chi connectivity index (χ3v) is 3.55. The molecule has 0 heterocycles. The molecule has 0 saturated heterocycles. The number of aromatic hydroxyl groups is 2. The molecule has 0 atom stereocenters. The van der Waals surface area contributed by atoms with Crippen LogP contribution in [0.5, 0.6) is 17.2 Å². The number of hydrogen-bond donors (Lipinski definition) is 2. The van der Waals surface area contributed by atoms with Crippen LogP contribution < -0.4 is 4.74 Å². The van der Waals surface area contributed by atoms with Gasteiger partial charge in [-0.05, 0) is 34.2 Å². The molecule has 2 N–H and O–H groups in total. The Morgan fingerprint density at radius 2 is 1.76 bits per heavy atom. The molecule has 4 heteroatoms. The van der Waals surface area contributed by atoms with Gasteiger partial charge in [0.2, 0.25) is 5.75 Å². The molecule has 0 saturated carbocycles. The van der Waals surface area contributed by atoms with Gasteiger partial charge in [0.15, 0.2) is 11.5 Å². The van der Waals surface area contributed by atoms with Crippen LogP contribution in [0, 0.1) is 3.57 Å². The molecule has 0 aliphatic carbocycles. The molecule has 0 bridgehead atoms. The fourth-order valence-corrected chi connectivity index (χ4v) is 2.36. The lowest BCUT2D eigenvalue weighted by Gasteiger charge is -2.12. The highest BCUT2D eigenvalue weighted by molar-refractivity contribution is 14.1. The third-order valence-electron chi connectivity index (χ3n) is 2.46. The fourth-order valence-electron chi connectivity index (χ4n) is 1.64. The van der Waals surface area contributed by atoms with Crippen LogP contribution >= 0.6 is 22.6 Å². The summed E-state index contributed by atoms with van der Waals surface area (Å²) in [5, 5.41) is 19.7. The van der Waals surface area contributed by atoms with Crippen LogP contribution in [0.3, 0.4) is 0 Å². The minimum absolute atomic E-state index is 0.0352. The molecule has 0 amide bonds. The Balaban J connectivity index is 2.65. The topological polar surface area (TPSA) is 49.7 Å². The highest BCUT2D eigenvalue weighted by Crippen LogP contribution is 2.44. The first kappa shape index (κ1) is 12.0. The Kier molecular flexibility index (Phi) is 3.42. The van der Waals surface area contributed by atoms with E-state index in [1.54, 1.807) is 6.07 Å². The Bertz CT molecular complexity index is 538. The molecular weight excluding hydrogens is 331 g/mol. The SMILES string of the molecule is COc1c(O)cc(-c2ccccc2)c(I)c1O. The molecule has 0 aromatic heterocycles. The number of benzene rings is 2. The van der Waals surface area contributed by atoms with E-state index < -0.39 is 0 Å². The largest absolute Gasteiger partial charge is 0.504 e. The smallest absolute Gasteiger partial charge is 0.203 e. The van der Waals surface area contributed by atoms with Crippen molar-refractivity contribution in [3.8, 4) is 28.4 Å². The van der Waals surface area contributed by atoms with E-state index in [1.165, 1.54) is 7.11 Å². The van der Waals surface area contributed by atoms with Crippen LogP contribution in [0.15, 0.2) is 36.4 Å². The average Bonchev–Trinajstić information content (AvgIpc) is 2.35. The molecule has 2 aromatic rings. The molecule has 2 aromatic carbocycles. The van der Waals surface area contributed by atoms with Crippen LogP contribution in [-0.2, 0) is 0 Å². The highest BCUT2D eigenvalue weighted by Gasteiger charge is 2.16. The van der Waals surface area contributed by atoms with Crippen molar-refractivity contribution < 1.29 is 14.9 Å². The van der Waals surface area contributed by atoms with Crippen molar-refractivity contribution in [1.29, 1.82) is 0 Å². The predicted molar refractivity (Wildman–Crippen MR) is 74.5 cm³/mol. The number of halogens is 1. The lowest BCUT2D eigenvalue weighted by Crippen LogP contribution is -1.90. The van der Waals surface area contributed by atoms with Crippen molar-refractivity contribution in [2.45, 2.75) is 0 Å². The van der Waals surface area contributed by atoms with Crippen LogP contribution in [-0.4, -0.2) is 17.3 Å². The summed E-state index contributed by atoms with van der Waals surface area (Å²) in [7, 11) is 1.41. The fraction of sp³-hybridized carbons (Fsp3) is 0.0769. The molecule has 88 valence electrons. The summed E-state index contributed by atoms with van der Waals surface area (Å²) < 4.78 is 5.60. The number of phenols is 2. The zero-order valence-electron chi connectivity index (χ0n) is 9.14. The van der Waals surface area contributed by atoms with Crippen LogP contribution in [0.4, 0.5) is 0 Å². The van der Waals surface area contributed by atoms with Crippen LogP contribution in [0.2, 0.25) is 0 Å². The number of ether oxygens (including phenoxy) is 1. The summed E-state index contributed by atoms with van der Waals surface area (Å²) >= 11 is 2.03. The van der Waals surface area contributed by atoms with E-state index in [4.69, 9.17) is 4.74 Å². The van der Waals surface area contributed by atoms with Gasteiger partial charge >= 0.3 is 0 Å². The van der Waals surface area contributed by atoms with E-state index in [-0.39, 0.29) is 17.2 Å². The maximum absolute atomic E-state index is 9.93. The van der Waals surface area contributed by atoms with E-state index in [9.17, 15) is 10.2 Å². The van der Waals surface area contributed by atoms with E-state index in [1.807, 2.05) is 52.9 Å². The Labute approximate surface area is 113 Å². The number of phenolic OH excluding ortho intramolecular Hbond substituents is 2. The standard InChI is InChI=1S/C13H11IO3/c1-17-13-10(15)7-9(11(14)12(13)16)8-5-3-2-4-6-8/h2-7,15-16H,1H3. The van der Waals surface area contributed by atoms with Gasteiger partial charge in [-0.2, -0.15) is 0 Å². The van der Waals surface area contributed by atoms with Crippen LogP contribution in [0.1, 0.15) is 0 Å². The number of hydrogen-bond acceptors (Lipinski definition) is 3. The summed E-state index contributed by atoms with van der Waals surface area (Å²) in [4.78, 5) is 0. The third kappa shape index (κ3) is 2.17. The maximum atomic E-state index is 9.93. The van der Waals surface area contributed by atoms with E-state index in [0.717, 1.165) is 11.1 Å². The summed E-state index contributed by atoms with van der Waals surface area (Å²) in [6, 6.07) is 11.2. The second-order valence-electron chi connectivity index (χ2n) is 3.51. The van der Waals surface area contributed by atoms with Crippen molar-refractivity contribution in [3.05, 3.63) is 40.0 Å². The van der Waals surface area contributed by atoms with Crippen molar-refractivity contribution in [2.24, 2.45) is 0 Å². The van der Waals surface area contributed by atoms with Gasteiger partial charge in [0.05, 0.1) is 10.7 Å². The first-order valence-corrected chi connectivity index (χ1v) is 6.07. The Morgan fingerprint density at radius 1 is 1.12 bits per heavy atom. The molecule has 0 radical (unpaired) electrons. The zero-order chi connectivity index (χ0) is 12.4. The van der Waals surface area contributed by atoms with Gasteiger partial charge in [0.25, 0.3) is 0 Å². The van der Waals surface area contributed by atoms with Gasteiger partial charge in [0.1, 0.15) is 0 Å². The molecular formula is C13H11IO3. The average molecular weight is 342 g/mol. The van der Waals surface area contributed by atoms with Gasteiger partial charge in [-0.3, -0.25) is 0 Å². The van der Waals surface area contributed by atoms with Crippen molar-refractivity contribution >= 4 is 22.6 Å². The summed E-state index contributed by atoms with van der Waals surface area (Å²) in [5.41, 5.74) is 1.71. The second-order valence-corrected chi connectivity index (χ2v) is 4.58. The molecule has 0 aliphatic rings. The molecule has 17 heavy (non-hydrogen) atoms. The lowest BCUT2D eigenvalue weighted by molar-refractivity contribution is 0.343. The Morgan fingerprint density at radius 3 is 2.35 bits per heavy atom. The van der Waals surface area contributed by atoms with E-state index in [0.29, 0.717) is 3.57 Å². The van der Waals surface area contributed by atoms with Gasteiger partial charge < -0.3 is 14.9 Å². The normalized spacial score (nSPS) is 10.2. The summed E-state index contributed by atoms with van der Waals surface area (Å²) in [5.74, 6) is 0.00491. The molecule has 0 fully saturated rings. The highest BCUT2D eigenvalue weighted by atomic mass is 127. The Hall–Kier alpha value is -1.43. The van der Waals surface area contributed by atoms with Gasteiger partial charge in [0, 0.05) is 5.56 Å². The maximum Gasteiger partial charge on any atom is 0.203 e. The van der Waals surface area contributed by atoms with E-state index in [2.05, 4.69) is 0 Å². The number of rotatable bonds is 2. The minimum atomic E-state index is -0.0655. The minimum Gasteiger partial charge on any atom is -0.504 e. The molecule has 0 unspecified atom stereocenters. The first-order chi connectivity index (χ1) is 8.15. The van der Waals surface area contributed by atoms with Gasteiger partial charge in [-0.15, -0.1) is 0 Å². The number of methoxy groups -OCH3 is 1. The van der Waals surface area contributed by atoms with Crippen molar-refractivity contribution in [2.75, 3.05) is 7.11 Å². The van der Waals surface area contributed by atoms with E-state index >= 15 is 0 Å².